The van der Waals surface area contributed by atoms with Gasteiger partial charge in [-0.05, 0) is 149 Å². The van der Waals surface area contributed by atoms with Crippen LogP contribution in [0.1, 0.15) is 404 Å². The zero-order chi connectivity index (χ0) is 101. The molecule has 0 bridgehead atoms. The minimum Gasteiger partial charge on any atom is -0.480 e. The number of halogens is 2. The second-order valence-electron chi connectivity index (χ2n) is 37.9. The molecule has 790 valence electrons. The summed E-state index contributed by atoms with van der Waals surface area (Å²) in [5.41, 5.74) is 28.7. The normalized spacial score (nSPS) is 13.8. The van der Waals surface area contributed by atoms with Gasteiger partial charge in [0.05, 0.1) is 48.7 Å². The molecule has 0 aliphatic heterocycles. The molecule has 0 heterocycles. The Morgan fingerprint density at radius 2 is 0.474 bits per heavy atom. The summed E-state index contributed by atoms with van der Waals surface area (Å²) in [7, 11) is 0. The number of nitrogens with two attached hydrogens (primary N) is 4. The zero-order valence-electron chi connectivity index (χ0n) is 85.2. The molecule has 30 heteroatoms. The number of alkyl halides is 2. The van der Waals surface area contributed by atoms with Crippen LogP contribution in [0, 0.1) is 0 Å². The first kappa shape index (κ1) is 129. The van der Waals surface area contributed by atoms with Gasteiger partial charge in [0, 0.05) is 93.1 Å². The molecule has 137 heavy (non-hydrogen) atoms. The molecule has 0 fully saturated rings. The van der Waals surface area contributed by atoms with Gasteiger partial charge in [0.25, 0.3) is 0 Å². The summed E-state index contributed by atoms with van der Waals surface area (Å²) in [6, 6.07) is 20.0. The minimum atomic E-state index is -1.01. The highest BCUT2D eigenvalue weighted by Gasteiger charge is 2.24. The number of carboxylic acids is 3. The monoisotopic (exact) mass is 2060 g/mol. The fourth-order valence-corrected chi connectivity index (χ4v) is 17.7. The molecule has 0 saturated carbocycles. The fourth-order valence-electron chi connectivity index (χ4n) is 16.9. The molecule has 11 unspecified atom stereocenters. The van der Waals surface area contributed by atoms with Gasteiger partial charge >= 0.3 is 17.9 Å². The first-order chi connectivity index (χ1) is 66.3. The second kappa shape index (κ2) is 89.9. The van der Waals surface area contributed by atoms with Gasteiger partial charge in [-0.3, -0.25) is 44.2 Å². The molecule has 0 spiro atoms. The van der Waals surface area contributed by atoms with Crippen LogP contribution in [0.5, 0.6) is 0 Å². The largest absolute Gasteiger partial charge is 0.480 e. The number of hydrogen-bond donors (Lipinski definition) is 21. The SMILES string of the molecule is CCCCCC(NCBr)C(O)CCCCCCCCCCC(=O)NCCNC(=O)CCCCCCCCCCC(O)C(CCCCC)NCBr.CCCCCC(NCNc1ccc(CC(N)C(=O)O)cc1)C(O)CCCCCCCCCCC(=O)NCCNC(=O)CCCCCCCCCCC(O)C(CCCCC)NCNc1ccc(CC(N)C(=O)O)cc1.Nc1ccc(CC(N)C(=O)O)cc1. The van der Waals surface area contributed by atoms with Crippen molar-refractivity contribution in [1.82, 2.24) is 42.5 Å². The predicted molar refractivity (Wildman–Crippen MR) is 571 cm³/mol. The highest BCUT2D eigenvalue weighted by atomic mass is 79.9. The third-order valence-corrected chi connectivity index (χ3v) is 26.3. The summed E-state index contributed by atoms with van der Waals surface area (Å²) in [6.45, 7) is 11.7. The van der Waals surface area contributed by atoms with E-state index in [-0.39, 0.29) is 72.8 Å². The highest BCUT2D eigenvalue weighted by molar-refractivity contribution is 9.09. The average Bonchev–Trinajstić information content (AvgIpc) is 0.899. The third kappa shape index (κ3) is 75.4. The van der Waals surface area contributed by atoms with E-state index in [2.05, 4.69) is 113 Å². The Morgan fingerprint density at radius 3 is 0.686 bits per heavy atom. The predicted octanol–water partition coefficient (Wildman–Crippen LogP) is 18.6. The standard InChI is InChI=1S/C58H102N8O8.C40H80Br2N4O4.C9H12N2O2/c1-3-5-19-25-51(65-43-63-47-35-31-45(32-36-47)41-49(59)57(71)72)53(67)27-21-15-11-7-9-13-17-23-29-55(69)61-39-40-62-56(70)30-24-18-14-10-8-12-16-22-28-54(68)52(26-20-6-4-2)66-44-64-48-37-33-46(34-38-48)42-50(60)58(73)74;1-3-5-19-25-35(45-33-41)37(47)27-21-15-11-7-9-13-17-23-29-39(49)43-31-32-44-40(50)30-24-18-14-10-8-12-16-22-28-38(48)36(46-34-42)26-20-6-4-2;10-7-3-1-6(2-4-7)5-8(11)9(12)13/h31-38,49-54,63-68H,3-30,39-44,59-60H2,1-2H3,(H,61,69)(H,62,70)(H,71,72)(H,73,74);35-38,45-48H,3-34H2,1-2H3,(H,43,49)(H,44,50);1-4,8H,5,10-11H2,(H,12,13). The van der Waals surface area contributed by atoms with Crippen molar-refractivity contribution in [3.05, 3.63) is 89.5 Å². The Balaban J connectivity index is 0.00000127. The van der Waals surface area contributed by atoms with E-state index in [0.717, 1.165) is 270 Å². The minimum absolute atomic E-state index is 0.0203. The van der Waals surface area contributed by atoms with Gasteiger partial charge in [-0.2, -0.15) is 0 Å². The first-order valence-corrected chi connectivity index (χ1v) is 55.8. The second-order valence-corrected chi connectivity index (χ2v) is 39.0. The van der Waals surface area contributed by atoms with Crippen molar-refractivity contribution in [3.8, 4) is 0 Å². The number of carboxylic acid groups (broad SMARTS) is 3. The lowest BCUT2D eigenvalue weighted by molar-refractivity contribution is -0.139. The fraction of sp³-hybridized carbons (Fsp3) is 0.766. The maximum atomic E-state index is 12.3. The van der Waals surface area contributed by atoms with E-state index in [1.54, 1.807) is 24.3 Å². The van der Waals surface area contributed by atoms with Gasteiger partial charge in [0.1, 0.15) is 18.1 Å². The average molecular weight is 2060 g/mol. The van der Waals surface area contributed by atoms with Crippen LogP contribution in [0.15, 0.2) is 72.8 Å². The van der Waals surface area contributed by atoms with Gasteiger partial charge in [-0.25, -0.2) is 0 Å². The molecule has 0 aliphatic carbocycles. The molecule has 0 saturated heterocycles. The van der Waals surface area contributed by atoms with Crippen molar-refractivity contribution in [1.29, 1.82) is 0 Å². The molecule has 0 aromatic heterocycles. The summed E-state index contributed by atoms with van der Waals surface area (Å²) >= 11 is 6.89. The molecular weight excluding hydrogens is 1870 g/mol. The van der Waals surface area contributed by atoms with Crippen LogP contribution in [-0.2, 0) is 52.8 Å². The molecule has 3 aromatic carbocycles. The van der Waals surface area contributed by atoms with Crippen molar-refractivity contribution < 1.29 is 69.3 Å². The molecule has 0 aliphatic rings. The lowest BCUT2D eigenvalue weighted by Crippen LogP contribution is -2.42. The maximum Gasteiger partial charge on any atom is 0.320 e. The molecule has 3 rings (SSSR count). The summed E-state index contributed by atoms with van der Waals surface area (Å²) in [5, 5.41) is 102. The number of nitrogen functional groups attached to an aromatic ring is 1. The van der Waals surface area contributed by atoms with Crippen molar-refractivity contribution in [2.45, 2.75) is 473 Å². The lowest BCUT2D eigenvalue weighted by atomic mass is 9.98. The van der Waals surface area contributed by atoms with E-state index in [9.17, 15) is 54.0 Å². The number of hydrogen-bond acceptors (Lipinski definition) is 21. The van der Waals surface area contributed by atoms with Crippen molar-refractivity contribution in [3.63, 3.8) is 0 Å². The highest BCUT2D eigenvalue weighted by Crippen LogP contribution is 2.23. The summed E-state index contributed by atoms with van der Waals surface area (Å²) < 4.78 is 0. The quantitative estimate of drug-likeness (QED) is 0.00820. The first-order valence-electron chi connectivity index (χ1n) is 53.6. The number of aliphatic carboxylic acids is 3. The van der Waals surface area contributed by atoms with Crippen molar-refractivity contribution in [2.75, 3.05) is 66.8 Å². The third-order valence-electron chi connectivity index (χ3n) is 25.7. The Labute approximate surface area is 843 Å². The number of amides is 4. The summed E-state index contributed by atoms with van der Waals surface area (Å²) in [5.74, 6) is -2.77. The van der Waals surface area contributed by atoms with Crippen molar-refractivity contribution in [2.24, 2.45) is 17.2 Å². The molecule has 28 nitrogen and oxygen atoms in total. The Kier molecular flexibility index (Phi) is 84.6. The number of rotatable bonds is 91. The van der Waals surface area contributed by atoms with E-state index in [4.69, 9.17) is 38.3 Å². The van der Waals surface area contributed by atoms with Crippen LogP contribution in [0.2, 0.25) is 0 Å². The summed E-state index contributed by atoms with van der Waals surface area (Å²) in [6.07, 6.45) is 58.2. The molecule has 0 radical (unpaired) electrons. The Morgan fingerprint density at radius 1 is 0.277 bits per heavy atom. The van der Waals surface area contributed by atoms with Crippen LogP contribution in [-0.4, -0.2) is 194 Å². The Hall–Kier alpha value is -6.13. The van der Waals surface area contributed by atoms with Gasteiger partial charge in [-0.15, -0.1) is 0 Å². The van der Waals surface area contributed by atoms with Gasteiger partial charge in [-0.1, -0.05) is 353 Å². The number of aliphatic hydroxyl groups is 4. The Bertz CT molecular complexity index is 3200. The maximum absolute atomic E-state index is 12.3. The summed E-state index contributed by atoms with van der Waals surface area (Å²) in [4.78, 5) is 81.4. The van der Waals surface area contributed by atoms with Crippen LogP contribution in [0.3, 0.4) is 0 Å². The molecule has 11 atom stereocenters. The number of anilines is 3. The van der Waals surface area contributed by atoms with E-state index >= 15 is 0 Å². The van der Waals surface area contributed by atoms with Crippen LogP contribution in [0.4, 0.5) is 17.1 Å². The lowest BCUT2D eigenvalue weighted by Gasteiger charge is -2.25. The molecular formula is C107H194Br2N14O14. The number of carbonyl (C=O) groups excluding carboxylic acids is 4. The molecule has 4 amide bonds. The number of unbranched alkanes of at least 4 members (excludes halogenated alkanes) is 36. The van der Waals surface area contributed by atoms with Crippen LogP contribution in [0.25, 0.3) is 0 Å². The smallest absolute Gasteiger partial charge is 0.320 e. The number of nitrogens with one attached hydrogen (secondary N) is 10. The number of carbonyl (C=O) groups is 7. The van der Waals surface area contributed by atoms with Gasteiger partial charge < -0.3 is 101 Å². The molecule has 25 N–H and O–H groups in total. The number of aliphatic hydroxyl groups excluding tert-OH is 4. The van der Waals surface area contributed by atoms with E-state index in [1.807, 2.05) is 48.5 Å². The van der Waals surface area contributed by atoms with E-state index < -0.39 is 48.2 Å². The van der Waals surface area contributed by atoms with Crippen LogP contribution >= 0.6 is 31.9 Å². The van der Waals surface area contributed by atoms with Crippen molar-refractivity contribution >= 4 is 90.5 Å². The van der Waals surface area contributed by atoms with Gasteiger partial charge in [0.2, 0.25) is 23.6 Å². The topological polar surface area (TPSA) is 485 Å². The van der Waals surface area contributed by atoms with Gasteiger partial charge in [0.15, 0.2) is 0 Å². The van der Waals surface area contributed by atoms with Crippen LogP contribution < -0.4 is 76.1 Å². The zero-order valence-corrected chi connectivity index (χ0v) is 88.4. The van der Waals surface area contributed by atoms with E-state index in [1.165, 1.54) is 103 Å². The molecule has 3 aromatic rings. The number of benzene rings is 3. The van der Waals surface area contributed by atoms with E-state index in [0.29, 0.717) is 77.3 Å².